The van der Waals surface area contributed by atoms with Crippen LogP contribution in [0, 0.1) is 10.1 Å². The maximum Gasteiger partial charge on any atom is 0.270 e. The number of carbonyl (C=O) groups excluding carboxylic acids is 1. The van der Waals surface area contributed by atoms with E-state index >= 15 is 0 Å². The Morgan fingerprint density at radius 3 is 2.58 bits per heavy atom. The highest BCUT2D eigenvalue weighted by atomic mass is 16.6. The van der Waals surface area contributed by atoms with Gasteiger partial charge in [-0.15, -0.1) is 0 Å². The van der Waals surface area contributed by atoms with E-state index in [4.69, 9.17) is 9.47 Å². The summed E-state index contributed by atoms with van der Waals surface area (Å²) in [6.45, 7) is 2.83. The molecule has 8 nitrogen and oxygen atoms in total. The van der Waals surface area contributed by atoms with E-state index in [1.54, 1.807) is 13.1 Å². The highest BCUT2D eigenvalue weighted by Crippen LogP contribution is 2.32. The van der Waals surface area contributed by atoms with E-state index in [2.05, 4.69) is 10.6 Å². The van der Waals surface area contributed by atoms with Gasteiger partial charge in [-0.25, -0.2) is 0 Å². The standard InChI is InChI=1S/C18H19N3O5/c1-11(12-3-6-16-17(9-12)26-8-7-25-16)20-18(22)14-10-13(21(23)24)4-5-15(14)19-2/h3-6,9-11,19H,7-8H2,1-2H3,(H,20,22). The van der Waals surface area contributed by atoms with E-state index < -0.39 is 10.8 Å². The van der Waals surface area contributed by atoms with Crippen molar-refractivity contribution in [3.8, 4) is 11.5 Å². The Labute approximate surface area is 150 Å². The Morgan fingerprint density at radius 2 is 1.88 bits per heavy atom. The van der Waals surface area contributed by atoms with Gasteiger partial charge in [-0.05, 0) is 30.7 Å². The summed E-state index contributed by atoms with van der Waals surface area (Å²) in [5.41, 5.74) is 1.44. The van der Waals surface area contributed by atoms with Gasteiger partial charge >= 0.3 is 0 Å². The van der Waals surface area contributed by atoms with Crippen molar-refractivity contribution in [3.63, 3.8) is 0 Å². The van der Waals surface area contributed by atoms with Crippen LogP contribution in [0.2, 0.25) is 0 Å². The van der Waals surface area contributed by atoms with Crippen LogP contribution >= 0.6 is 0 Å². The fraction of sp³-hybridized carbons (Fsp3) is 0.278. The molecule has 26 heavy (non-hydrogen) atoms. The first-order valence-electron chi connectivity index (χ1n) is 8.16. The van der Waals surface area contributed by atoms with E-state index in [0.717, 1.165) is 5.56 Å². The van der Waals surface area contributed by atoms with Crippen LogP contribution in [-0.4, -0.2) is 31.1 Å². The minimum Gasteiger partial charge on any atom is -0.486 e. The van der Waals surface area contributed by atoms with E-state index in [0.29, 0.717) is 30.4 Å². The molecule has 1 atom stereocenters. The number of ether oxygens (including phenoxy) is 2. The van der Waals surface area contributed by atoms with Crippen molar-refractivity contribution in [1.29, 1.82) is 0 Å². The summed E-state index contributed by atoms with van der Waals surface area (Å²) in [6, 6.07) is 9.30. The van der Waals surface area contributed by atoms with Crippen LogP contribution < -0.4 is 20.1 Å². The normalized spacial score (nSPS) is 13.6. The molecule has 3 rings (SSSR count). The number of nitrogens with zero attached hydrogens (tertiary/aromatic N) is 1. The number of fused-ring (bicyclic) bond motifs is 1. The number of nitro groups is 1. The molecular formula is C18H19N3O5. The average Bonchev–Trinajstić information content (AvgIpc) is 2.66. The number of hydrogen-bond acceptors (Lipinski definition) is 6. The lowest BCUT2D eigenvalue weighted by Gasteiger charge is -2.21. The van der Waals surface area contributed by atoms with Crippen molar-refractivity contribution in [1.82, 2.24) is 5.32 Å². The number of non-ortho nitro benzene ring substituents is 1. The third kappa shape index (κ3) is 3.53. The monoisotopic (exact) mass is 357 g/mol. The van der Waals surface area contributed by atoms with E-state index in [-0.39, 0.29) is 17.3 Å². The molecule has 1 heterocycles. The van der Waals surface area contributed by atoms with Gasteiger partial charge in [-0.1, -0.05) is 6.07 Å². The lowest BCUT2D eigenvalue weighted by molar-refractivity contribution is -0.384. The van der Waals surface area contributed by atoms with E-state index in [1.165, 1.54) is 18.2 Å². The average molecular weight is 357 g/mol. The maximum atomic E-state index is 12.6. The molecule has 2 aromatic carbocycles. The summed E-state index contributed by atoms with van der Waals surface area (Å²) in [4.78, 5) is 23.1. The van der Waals surface area contributed by atoms with Gasteiger partial charge in [0.1, 0.15) is 13.2 Å². The Kier molecular flexibility index (Phi) is 4.92. The molecule has 0 aliphatic carbocycles. The van der Waals surface area contributed by atoms with Crippen LogP contribution in [0.5, 0.6) is 11.5 Å². The first-order chi connectivity index (χ1) is 12.5. The zero-order valence-corrected chi connectivity index (χ0v) is 14.4. The molecule has 1 aliphatic heterocycles. The molecule has 0 fully saturated rings. The SMILES string of the molecule is CNc1ccc([N+](=O)[O-])cc1C(=O)NC(C)c1ccc2c(c1)OCCO2. The van der Waals surface area contributed by atoms with Crippen LogP contribution in [0.4, 0.5) is 11.4 Å². The van der Waals surface area contributed by atoms with E-state index in [9.17, 15) is 14.9 Å². The minimum absolute atomic E-state index is 0.138. The Morgan fingerprint density at radius 1 is 1.15 bits per heavy atom. The van der Waals surface area contributed by atoms with Gasteiger partial charge in [0, 0.05) is 24.9 Å². The van der Waals surface area contributed by atoms with Crippen LogP contribution in [0.15, 0.2) is 36.4 Å². The molecule has 136 valence electrons. The number of amides is 1. The summed E-state index contributed by atoms with van der Waals surface area (Å²) >= 11 is 0. The Bertz CT molecular complexity index is 853. The summed E-state index contributed by atoms with van der Waals surface area (Å²) in [5, 5.41) is 16.7. The lowest BCUT2D eigenvalue weighted by Crippen LogP contribution is -2.27. The van der Waals surface area contributed by atoms with Gasteiger partial charge in [-0.2, -0.15) is 0 Å². The predicted molar refractivity (Wildman–Crippen MR) is 96.0 cm³/mol. The van der Waals surface area contributed by atoms with Gasteiger partial charge in [0.15, 0.2) is 11.5 Å². The van der Waals surface area contributed by atoms with E-state index in [1.807, 2.05) is 19.1 Å². The summed E-state index contributed by atoms with van der Waals surface area (Å²) in [7, 11) is 1.65. The number of nitrogens with one attached hydrogen (secondary N) is 2. The molecule has 0 radical (unpaired) electrons. The molecule has 8 heteroatoms. The second-order valence-corrected chi connectivity index (χ2v) is 5.84. The first-order valence-corrected chi connectivity index (χ1v) is 8.16. The van der Waals surface area contributed by atoms with Crippen molar-refractivity contribution in [2.75, 3.05) is 25.6 Å². The van der Waals surface area contributed by atoms with Crippen LogP contribution in [0.3, 0.4) is 0 Å². The highest BCUT2D eigenvalue weighted by Gasteiger charge is 2.20. The second kappa shape index (κ2) is 7.30. The largest absolute Gasteiger partial charge is 0.486 e. The van der Waals surface area contributed by atoms with Crippen LogP contribution in [0.25, 0.3) is 0 Å². The molecule has 0 saturated heterocycles. The molecule has 0 aromatic heterocycles. The van der Waals surface area contributed by atoms with Gasteiger partial charge < -0.3 is 20.1 Å². The molecule has 2 aromatic rings. The number of carbonyl (C=O) groups is 1. The number of benzene rings is 2. The van der Waals surface area contributed by atoms with Crippen LogP contribution in [0.1, 0.15) is 28.9 Å². The van der Waals surface area contributed by atoms with Gasteiger partial charge in [0.2, 0.25) is 0 Å². The Balaban J connectivity index is 1.81. The molecule has 1 aliphatic rings. The molecule has 0 spiro atoms. The molecular weight excluding hydrogens is 338 g/mol. The number of anilines is 1. The summed E-state index contributed by atoms with van der Waals surface area (Å²) < 4.78 is 11.0. The van der Waals surface area contributed by atoms with Crippen molar-refractivity contribution in [2.24, 2.45) is 0 Å². The minimum atomic E-state index is -0.527. The molecule has 0 bridgehead atoms. The molecule has 1 amide bonds. The van der Waals surface area contributed by atoms with Gasteiger partial charge in [-0.3, -0.25) is 14.9 Å². The zero-order chi connectivity index (χ0) is 18.7. The zero-order valence-electron chi connectivity index (χ0n) is 14.4. The fourth-order valence-corrected chi connectivity index (χ4v) is 2.74. The smallest absolute Gasteiger partial charge is 0.270 e. The molecule has 1 unspecified atom stereocenters. The second-order valence-electron chi connectivity index (χ2n) is 5.84. The van der Waals surface area contributed by atoms with Crippen molar-refractivity contribution in [2.45, 2.75) is 13.0 Å². The third-order valence-corrected chi connectivity index (χ3v) is 4.14. The van der Waals surface area contributed by atoms with Gasteiger partial charge in [0.25, 0.3) is 11.6 Å². The topological polar surface area (TPSA) is 103 Å². The molecule has 2 N–H and O–H groups in total. The third-order valence-electron chi connectivity index (χ3n) is 4.14. The molecule has 0 saturated carbocycles. The fourth-order valence-electron chi connectivity index (χ4n) is 2.74. The van der Waals surface area contributed by atoms with Crippen molar-refractivity contribution < 1.29 is 19.2 Å². The maximum absolute atomic E-state index is 12.6. The van der Waals surface area contributed by atoms with Gasteiger partial charge in [0.05, 0.1) is 16.5 Å². The number of hydrogen-bond donors (Lipinski definition) is 2. The van der Waals surface area contributed by atoms with Crippen molar-refractivity contribution in [3.05, 3.63) is 57.6 Å². The summed E-state index contributed by atoms with van der Waals surface area (Å²) in [5.74, 6) is 0.913. The predicted octanol–water partition coefficient (Wildman–Crippen LogP) is 2.90. The lowest BCUT2D eigenvalue weighted by atomic mass is 10.1. The first kappa shape index (κ1) is 17.5. The quantitative estimate of drug-likeness (QED) is 0.630. The Hall–Kier alpha value is -3.29. The number of rotatable bonds is 5. The van der Waals surface area contributed by atoms with Crippen LogP contribution in [-0.2, 0) is 0 Å². The highest BCUT2D eigenvalue weighted by molar-refractivity contribution is 6.00. The number of nitro benzene ring substituents is 1. The summed E-state index contributed by atoms with van der Waals surface area (Å²) in [6.07, 6.45) is 0. The van der Waals surface area contributed by atoms with Crippen molar-refractivity contribution >= 4 is 17.3 Å².